The van der Waals surface area contributed by atoms with Crippen molar-refractivity contribution < 1.29 is 18.0 Å². The summed E-state index contributed by atoms with van der Waals surface area (Å²) in [7, 11) is -3.54. The number of hydrogen-bond acceptors (Lipinski definition) is 4. The van der Waals surface area contributed by atoms with E-state index in [1.807, 2.05) is 44.2 Å². The first kappa shape index (κ1) is 25.4. The van der Waals surface area contributed by atoms with Gasteiger partial charge in [-0.1, -0.05) is 49.6 Å². The molecule has 8 heteroatoms. The third-order valence-electron chi connectivity index (χ3n) is 6.95. The molecule has 0 unspecified atom stereocenters. The fraction of sp³-hybridized carbons (Fsp3) is 0.600. The summed E-state index contributed by atoms with van der Waals surface area (Å²) in [4.78, 5) is 28.3. The Labute approximate surface area is 198 Å². The van der Waals surface area contributed by atoms with Crippen LogP contribution >= 0.6 is 0 Å². The van der Waals surface area contributed by atoms with Crippen LogP contribution in [0.4, 0.5) is 0 Å². The smallest absolute Gasteiger partial charge is 0.248 e. The number of amides is 2. The SMILES string of the molecule is CCN(CC)C(=O)C1(NC(=O)C2CCN(S(=O)(=O)/C=C/c3ccccc3)CC2)CCCCC1. The van der Waals surface area contributed by atoms with Gasteiger partial charge in [-0.05, 0) is 51.2 Å². The number of hydrogen-bond donors (Lipinski definition) is 1. The molecule has 1 aliphatic heterocycles. The Balaban J connectivity index is 1.62. The van der Waals surface area contributed by atoms with Crippen LogP contribution in [0.25, 0.3) is 6.08 Å². The lowest BCUT2D eigenvalue weighted by Gasteiger charge is -2.41. The van der Waals surface area contributed by atoms with Crippen molar-refractivity contribution in [2.24, 2.45) is 5.92 Å². The van der Waals surface area contributed by atoms with Gasteiger partial charge in [-0.25, -0.2) is 8.42 Å². The minimum Gasteiger partial charge on any atom is -0.341 e. The highest BCUT2D eigenvalue weighted by Crippen LogP contribution is 2.31. The molecule has 1 N–H and O–H groups in total. The molecule has 2 fully saturated rings. The standard InChI is InChI=1S/C25H37N3O4S/c1-3-27(4-2)24(30)25(16-9-6-10-17-25)26-23(29)22-13-18-28(19-14-22)33(31,32)20-15-21-11-7-5-8-12-21/h5,7-8,11-12,15,20,22H,3-4,6,9-10,13-14,16-19H2,1-2H3,(H,26,29)/b20-15+. The van der Waals surface area contributed by atoms with Crippen molar-refractivity contribution in [2.75, 3.05) is 26.2 Å². The average molecular weight is 476 g/mol. The summed E-state index contributed by atoms with van der Waals surface area (Å²) in [6.45, 7) is 5.77. The van der Waals surface area contributed by atoms with Gasteiger partial charge in [0.25, 0.3) is 0 Å². The Morgan fingerprint density at radius 2 is 1.67 bits per heavy atom. The lowest BCUT2D eigenvalue weighted by atomic mass is 9.79. The van der Waals surface area contributed by atoms with Crippen molar-refractivity contribution in [3.63, 3.8) is 0 Å². The van der Waals surface area contributed by atoms with E-state index in [9.17, 15) is 18.0 Å². The molecule has 7 nitrogen and oxygen atoms in total. The zero-order valence-corrected chi connectivity index (χ0v) is 20.6. The van der Waals surface area contributed by atoms with E-state index in [4.69, 9.17) is 0 Å². The topological polar surface area (TPSA) is 86.8 Å². The van der Waals surface area contributed by atoms with Gasteiger partial charge in [0.05, 0.1) is 0 Å². The largest absolute Gasteiger partial charge is 0.341 e. The van der Waals surface area contributed by atoms with E-state index in [-0.39, 0.29) is 17.7 Å². The highest BCUT2D eigenvalue weighted by molar-refractivity contribution is 7.92. The van der Waals surface area contributed by atoms with Crippen molar-refractivity contribution in [1.29, 1.82) is 0 Å². The molecule has 0 spiro atoms. The molecule has 1 aliphatic carbocycles. The summed E-state index contributed by atoms with van der Waals surface area (Å²) in [5.41, 5.74) is 0.00851. The quantitative estimate of drug-likeness (QED) is 0.624. The van der Waals surface area contributed by atoms with Crippen LogP contribution in [-0.2, 0) is 19.6 Å². The van der Waals surface area contributed by atoms with Crippen LogP contribution in [0.2, 0.25) is 0 Å². The molecule has 0 aromatic heterocycles. The normalized spacial score (nSPS) is 19.9. The molecule has 3 rings (SSSR count). The molecule has 0 atom stereocenters. The van der Waals surface area contributed by atoms with E-state index in [0.717, 1.165) is 24.8 Å². The van der Waals surface area contributed by atoms with Crippen LogP contribution < -0.4 is 5.32 Å². The van der Waals surface area contributed by atoms with Crippen LogP contribution in [0.1, 0.15) is 64.4 Å². The van der Waals surface area contributed by atoms with E-state index in [0.29, 0.717) is 51.9 Å². The summed E-state index contributed by atoms with van der Waals surface area (Å²) in [5.74, 6) is -0.376. The number of piperidine rings is 1. The summed E-state index contributed by atoms with van der Waals surface area (Å²) in [5, 5.41) is 4.38. The molecule has 1 saturated carbocycles. The van der Waals surface area contributed by atoms with E-state index in [1.54, 1.807) is 11.0 Å². The molecule has 1 heterocycles. The summed E-state index contributed by atoms with van der Waals surface area (Å²) in [6, 6.07) is 9.31. The van der Waals surface area contributed by atoms with E-state index in [1.165, 1.54) is 9.71 Å². The van der Waals surface area contributed by atoms with Crippen LogP contribution in [0.5, 0.6) is 0 Å². The third kappa shape index (κ3) is 6.23. The fourth-order valence-electron chi connectivity index (χ4n) is 4.89. The third-order valence-corrected chi connectivity index (χ3v) is 8.51. The van der Waals surface area contributed by atoms with Gasteiger partial charge in [0.15, 0.2) is 0 Å². The van der Waals surface area contributed by atoms with Crippen molar-refractivity contribution in [1.82, 2.24) is 14.5 Å². The van der Waals surface area contributed by atoms with Crippen LogP contribution in [0.3, 0.4) is 0 Å². The predicted octanol–water partition coefficient (Wildman–Crippen LogP) is 3.39. The van der Waals surface area contributed by atoms with Gasteiger partial charge in [-0.2, -0.15) is 4.31 Å². The number of benzene rings is 1. The van der Waals surface area contributed by atoms with Gasteiger partial charge in [0, 0.05) is 37.5 Å². The Kier molecular flexibility index (Phi) is 8.70. The molecule has 182 valence electrons. The molecule has 33 heavy (non-hydrogen) atoms. The van der Waals surface area contributed by atoms with Crippen molar-refractivity contribution >= 4 is 27.9 Å². The molecular weight excluding hydrogens is 438 g/mol. The van der Waals surface area contributed by atoms with Crippen molar-refractivity contribution in [3.8, 4) is 0 Å². The van der Waals surface area contributed by atoms with E-state index >= 15 is 0 Å². The minimum atomic E-state index is -3.54. The van der Waals surface area contributed by atoms with E-state index in [2.05, 4.69) is 5.32 Å². The van der Waals surface area contributed by atoms with Gasteiger partial charge < -0.3 is 10.2 Å². The maximum absolute atomic E-state index is 13.3. The average Bonchev–Trinajstić information content (AvgIpc) is 2.85. The van der Waals surface area contributed by atoms with Gasteiger partial charge in [-0.15, -0.1) is 0 Å². The maximum atomic E-state index is 13.3. The van der Waals surface area contributed by atoms with Gasteiger partial charge in [0.2, 0.25) is 21.8 Å². The fourth-order valence-corrected chi connectivity index (χ4v) is 6.11. The first-order valence-corrected chi connectivity index (χ1v) is 13.7. The molecule has 1 aromatic carbocycles. The molecule has 1 aromatic rings. The number of carbonyl (C=O) groups is 2. The Morgan fingerprint density at radius 1 is 1.06 bits per heavy atom. The van der Waals surface area contributed by atoms with Crippen LogP contribution in [-0.4, -0.2) is 61.2 Å². The molecule has 0 radical (unpaired) electrons. The number of rotatable bonds is 8. The first-order valence-electron chi connectivity index (χ1n) is 12.2. The van der Waals surface area contributed by atoms with Gasteiger partial charge in [0.1, 0.15) is 5.54 Å². The molecule has 1 saturated heterocycles. The first-order chi connectivity index (χ1) is 15.8. The lowest BCUT2D eigenvalue weighted by Crippen LogP contribution is -2.61. The number of likely N-dealkylation sites (N-methyl/N-ethyl adjacent to an activating group) is 1. The molecule has 0 bridgehead atoms. The second-order valence-electron chi connectivity index (χ2n) is 9.04. The van der Waals surface area contributed by atoms with E-state index < -0.39 is 15.6 Å². The van der Waals surface area contributed by atoms with Crippen molar-refractivity contribution in [3.05, 3.63) is 41.3 Å². The summed E-state index contributed by atoms with van der Waals surface area (Å²) in [6.07, 6.45) is 6.79. The van der Waals surface area contributed by atoms with Gasteiger partial charge >= 0.3 is 0 Å². The molecular formula is C25H37N3O4S. The number of nitrogens with zero attached hydrogens (tertiary/aromatic N) is 2. The Morgan fingerprint density at radius 3 is 2.24 bits per heavy atom. The Bertz CT molecular complexity index is 928. The summed E-state index contributed by atoms with van der Waals surface area (Å²) >= 11 is 0. The number of sulfonamides is 1. The van der Waals surface area contributed by atoms with Gasteiger partial charge in [-0.3, -0.25) is 9.59 Å². The lowest BCUT2D eigenvalue weighted by molar-refractivity contribution is -0.144. The minimum absolute atomic E-state index is 0.0200. The Hall–Kier alpha value is -2.19. The second-order valence-corrected chi connectivity index (χ2v) is 10.9. The van der Waals surface area contributed by atoms with Crippen LogP contribution in [0, 0.1) is 5.92 Å². The van der Waals surface area contributed by atoms with Crippen molar-refractivity contribution in [2.45, 2.75) is 64.3 Å². The second kappa shape index (κ2) is 11.3. The predicted molar refractivity (Wildman–Crippen MR) is 131 cm³/mol. The highest BCUT2D eigenvalue weighted by Gasteiger charge is 2.44. The highest BCUT2D eigenvalue weighted by atomic mass is 32.2. The zero-order chi connectivity index (χ0) is 23.9. The number of carbonyl (C=O) groups excluding carboxylic acids is 2. The molecule has 2 amide bonds. The maximum Gasteiger partial charge on any atom is 0.248 e. The summed E-state index contributed by atoms with van der Waals surface area (Å²) < 4.78 is 26.9. The van der Waals surface area contributed by atoms with Crippen LogP contribution in [0.15, 0.2) is 35.7 Å². The number of nitrogens with one attached hydrogen (secondary N) is 1. The monoisotopic (exact) mass is 475 g/mol. The molecule has 2 aliphatic rings. The zero-order valence-electron chi connectivity index (χ0n) is 19.8.